The molecule has 0 radical (unpaired) electrons. The van der Waals surface area contributed by atoms with Gasteiger partial charge in [-0.25, -0.2) is 9.97 Å². The average molecular weight is 484 g/mol. The van der Waals surface area contributed by atoms with Gasteiger partial charge in [0.1, 0.15) is 11.6 Å². The molecule has 1 saturated heterocycles. The Bertz CT molecular complexity index is 1260. The molecule has 0 spiro atoms. The summed E-state index contributed by atoms with van der Waals surface area (Å²) in [6.07, 6.45) is 1.01. The first-order valence-electron chi connectivity index (χ1n) is 12.4. The largest absolute Gasteiger partial charge is 0.416 e. The summed E-state index contributed by atoms with van der Waals surface area (Å²) in [6.45, 7) is 5.87. The van der Waals surface area contributed by atoms with Crippen molar-refractivity contribution in [3.63, 3.8) is 0 Å². The number of nitrogens with two attached hydrogens (primary N) is 1. The molecule has 3 N–H and O–H groups in total. The molecule has 3 aromatic rings. The van der Waals surface area contributed by atoms with Crippen molar-refractivity contribution >= 4 is 22.4 Å². The fourth-order valence-corrected chi connectivity index (χ4v) is 5.69. The highest BCUT2D eigenvalue weighted by Crippen LogP contribution is 2.41. The molecule has 0 bridgehead atoms. The van der Waals surface area contributed by atoms with Gasteiger partial charge in [-0.15, -0.1) is 0 Å². The molecule has 2 heterocycles. The Balaban J connectivity index is 1.57. The summed E-state index contributed by atoms with van der Waals surface area (Å²) in [5, 5.41) is 4.35. The summed E-state index contributed by atoms with van der Waals surface area (Å²) in [6, 6.07) is 5.55. The predicted molar refractivity (Wildman–Crippen MR) is 134 cm³/mol. The Labute approximate surface area is 203 Å². The van der Waals surface area contributed by atoms with Crippen molar-refractivity contribution < 1.29 is 13.2 Å². The number of alkyl halides is 3. The van der Waals surface area contributed by atoms with Crippen LogP contribution in [0.15, 0.2) is 24.3 Å². The van der Waals surface area contributed by atoms with Crippen molar-refractivity contribution in [1.29, 1.82) is 0 Å². The molecule has 5 nitrogen and oxygen atoms in total. The van der Waals surface area contributed by atoms with E-state index in [0.717, 1.165) is 68.2 Å². The number of nitrogen functional groups attached to an aromatic ring is 1. The van der Waals surface area contributed by atoms with Crippen LogP contribution in [0, 0.1) is 6.92 Å². The van der Waals surface area contributed by atoms with E-state index in [9.17, 15) is 13.2 Å². The van der Waals surface area contributed by atoms with Gasteiger partial charge in [0.15, 0.2) is 0 Å². The molecule has 1 aromatic heterocycles. The molecule has 1 unspecified atom stereocenters. The number of fused-ring (bicyclic) bond motifs is 3. The van der Waals surface area contributed by atoms with Crippen molar-refractivity contribution in [2.45, 2.75) is 64.1 Å². The van der Waals surface area contributed by atoms with Crippen molar-refractivity contribution in [2.24, 2.45) is 0 Å². The van der Waals surface area contributed by atoms with E-state index in [1.165, 1.54) is 16.7 Å². The Morgan fingerprint density at radius 3 is 2.49 bits per heavy atom. The zero-order valence-electron chi connectivity index (χ0n) is 20.5. The van der Waals surface area contributed by atoms with Gasteiger partial charge in [0.25, 0.3) is 0 Å². The molecule has 0 saturated carbocycles. The molecule has 2 aromatic carbocycles. The number of aryl methyl sites for hydroxylation is 2. The highest BCUT2D eigenvalue weighted by Gasteiger charge is 2.32. The first kappa shape index (κ1) is 23.9. The van der Waals surface area contributed by atoms with Gasteiger partial charge in [-0.3, -0.25) is 0 Å². The van der Waals surface area contributed by atoms with Crippen LogP contribution >= 0.6 is 0 Å². The van der Waals surface area contributed by atoms with Crippen LogP contribution in [-0.2, 0) is 19.0 Å². The van der Waals surface area contributed by atoms with E-state index >= 15 is 0 Å². The quantitative estimate of drug-likeness (QED) is 0.445. The number of benzene rings is 2. The third kappa shape index (κ3) is 4.68. The number of nitrogens with one attached hydrogen (secondary N) is 1. The van der Waals surface area contributed by atoms with Crippen LogP contribution in [0.1, 0.15) is 71.8 Å². The minimum Gasteiger partial charge on any atom is -0.399 e. The molecular formula is C27H32F3N5. The smallest absolute Gasteiger partial charge is 0.399 e. The molecule has 1 aliphatic carbocycles. The van der Waals surface area contributed by atoms with Gasteiger partial charge in [-0.05, 0) is 119 Å². The number of rotatable bonds is 4. The number of aromatic nitrogens is 2. The second kappa shape index (κ2) is 8.97. The Morgan fingerprint density at radius 2 is 1.77 bits per heavy atom. The summed E-state index contributed by atoms with van der Waals surface area (Å²) >= 11 is 0. The number of hydrogen-bond acceptors (Lipinski definition) is 5. The fraction of sp³-hybridized carbons (Fsp3) is 0.481. The van der Waals surface area contributed by atoms with Crippen molar-refractivity contribution in [2.75, 3.05) is 31.2 Å². The zero-order valence-corrected chi connectivity index (χ0v) is 20.5. The lowest BCUT2D eigenvalue weighted by Crippen LogP contribution is -2.29. The summed E-state index contributed by atoms with van der Waals surface area (Å²) in [4.78, 5) is 11.9. The van der Waals surface area contributed by atoms with Gasteiger partial charge in [-0.1, -0.05) is 0 Å². The van der Waals surface area contributed by atoms with Crippen LogP contribution in [0.2, 0.25) is 0 Å². The normalized spacial score (nSPS) is 18.1. The molecule has 8 heteroatoms. The number of piperidine rings is 1. The van der Waals surface area contributed by atoms with Gasteiger partial charge < -0.3 is 16.0 Å². The Kier molecular flexibility index (Phi) is 6.11. The molecule has 35 heavy (non-hydrogen) atoms. The molecule has 5 rings (SSSR count). The molecule has 0 amide bonds. The molecule has 186 valence electrons. The Morgan fingerprint density at radius 1 is 1.06 bits per heavy atom. The topological polar surface area (TPSA) is 67.1 Å². The van der Waals surface area contributed by atoms with Crippen LogP contribution in [0.5, 0.6) is 0 Å². The molecule has 1 fully saturated rings. The minimum atomic E-state index is -4.45. The van der Waals surface area contributed by atoms with Gasteiger partial charge in [0.2, 0.25) is 0 Å². The van der Waals surface area contributed by atoms with E-state index in [2.05, 4.69) is 23.3 Å². The van der Waals surface area contributed by atoms with Crippen molar-refractivity contribution in [3.8, 4) is 0 Å². The number of hydrogen-bond donors (Lipinski definition) is 2. The number of likely N-dealkylation sites (tertiary alicyclic amines) is 1. The second-order valence-corrected chi connectivity index (χ2v) is 10.1. The van der Waals surface area contributed by atoms with Crippen molar-refractivity contribution in [3.05, 3.63) is 57.9 Å². The van der Waals surface area contributed by atoms with E-state index in [1.54, 1.807) is 6.07 Å². The maximum absolute atomic E-state index is 13.4. The highest BCUT2D eigenvalue weighted by atomic mass is 19.4. The maximum atomic E-state index is 13.4. The molecule has 1 aliphatic heterocycles. The van der Waals surface area contributed by atoms with Gasteiger partial charge in [0, 0.05) is 11.1 Å². The van der Waals surface area contributed by atoms with E-state index in [-0.39, 0.29) is 5.69 Å². The lowest BCUT2D eigenvalue weighted by Gasteiger charge is -2.31. The fourth-order valence-electron chi connectivity index (χ4n) is 5.69. The summed E-state index contributed by atoms with van der Waals surface area (Å²) in [5.74, 6) is 1.83. The molecule has 1 atom stereocenters. The number of halogens is 3. The third-order valence-electron chi connectivity index (χ3n) is 7.53. The van der Waals surface area contributed by atoms with E-state index < -0.39 is 17.8 Å². The number of anilines is 2. The monoisotopic (exact) mass is 483 g/mol. The first-order valence-corrected chi connectivity index (χ1v) is 12.4. The van der Waals surface area contributed by atoms with Crippen LogP contribution in [0.3, 0.4) is 0 Å². The standard InChI is InChI=1S/C27H32F3N5/c1-15(18-11-19(27(28,29)30)13-20(31)12-18)32-26-24-14-23(17-7-9-35(3)10-8-17)21-5-4-6-22(21)25(24)33-16(2)34-26/h11-15,17H,4-10,31H2,1-3H3,(H,32,33,34). The first-order chi connectivity index (χ1) is 16.6. The van der Waals surface area contributed by atoms with E-state index in [0.29, 0.717) is 23.1 Å². The van der Waals surface area contributed by atoms with Crippen LogP contribution in [0.4, 0.5) is 24.7 Å². The zero-order chi connectivity index (χ0) is 24.9. The summed E-state index contributed by atoms with van der Waals surface area (Å²) < 4.78 is 40.1. The second-order valence-electron chi connectivity index (χ2n) is 10.1. The Hall–Kier alpha value is -2.87. The predicted octanol–water partition coefficient (Wildman–Crippen LogP) is 6.01. The van der Waals surface area contributed by atoms with Gasteiger partial charge >= 0.3 is 6.18 Å². The summed E-state index contributed by atoms with van der Waals surface area (Å²) in [5.41, 5.74) is 10.8. The minimum absolute atomic E-state index is 0.0922. The van der Waals surface area contributed by atoms with Crippen LogP contribution in [-0.4, -0.2) is 35.0 Å². The number of nitrogens with zero attached hydrogens (tertiary/aromatic N) is 3. The van der Waals surface area contributed by atoms with Gasteiger partial charge in [0.05, 0.1) is 17.1 Å². The highest BCUT2D eigenvalue weighted by molar-refractivity contribution is 5.93. The molecular weight excluding hydrogens is 451 g/mol. The third-order valence-corrected chi connectivity index (χ3v) is 7.53. The van der Waals surface area contributed by atoms with Crippen LogP contribution in [0.25, 0.3) is 10.9 Å². The SMILES string of the molecule is Cc1nc(NC(C)c2cc(N)cc(C(F)(F)F)c2)c2cc(C3CCN(C)CC3)c3c(c2n1)CCC3. The maximum Gasteiger partial charge on any atom is 0.416 e. The lowest BCUT2D eigenvalue weighted by atomic mass is 9.84. The van der Waals surface area contributed by atoms with Crippen molar-refractivity contribution in [1.82, 2.24) is 14.9 Å². The average Bonchev–Trinajstić information content (AvgIpc) is 3.29. The lowest BCUT2D eigenvalue weighted by molar-refractivity contribution is -0.137. The molecule has 2 aliphatic rings. The van der Waals surface area contributed by atoms with Gasteiger partial charge in [-0.2, -0.15) is 13.2 Å². The van der Waals surface area contributed by atoms with E-state index in [4.69, 9.17) is 15.7 Å². The van der Waals surface area contributed by atoms with E-state index in [1.807, 2.05) is 13.8 Å². The summed E-state index contributed by atoms with van der Waals surface area (Å²) in [7, 11) is 2.17. The van der Waals surface area contributed by atoms with Crippen LogP contribution < -0.4 is 11.1 Å².